The third kappa shape index (κ3) is 3.79. The van der Waals surface area contributed by atoms with Gasteiger partial charge in [0.1, 0.15) is 0 Å². The van der Waals surface area contributed by atoms with E-state index in [-0.39, 0.29) is 6.04 Å². The highest BCUT2D eigenvalue weighted by Crippen LogP contribution is 2.37. The normalized spacial score (nSPS) is 15.4. The second kappa shape index (κ2) is 6.70. The van der Waals surface area contributed by atoms with Crippen molar-refractivity contribution >= 4 is 11.6 Å². The Labute approximate surface area is 119 Å². The van der Waals surface area contributed by atoms with E-state index in [2.05, 4.69) is 18.2 Å². The Balaban J connectivity index is 2.08. The van der Waals surface area contributed by atoms with Crippen LogP contribution in [-0.4, -0.2) is 19.3 Å². The molecule has 0 fully saturated rings. The van der Waals surface area contributed by atoms with Crippen molar-refractivity contribution in [3.8, 4) is 23.8 Å². The first-order chi connectivity index (χ1) is 9.20. The minimum atomic E-state index is 0.278. The lowest BCUT2D eigenvalue weighted by molar-refractivity contribution is 0.297. The standard InChI is InChI=1S/C15H18ClNO2/c1-3-5-11(2)17-10-12-8-13(16)15-14(9-12)18-6-4-7-19-15/h1,8-9,11,17H,4-7,10H2,2H3. The van der Waals surface area contributed by atoms with Gasteiger partial charge in [-0.3, -0.25) is 0 Å². The summed E-state index contributed by atoms with van der Waals surface area (Å²) < 4.78 is 11.2. The monoisotopic (exact) mass is 279 g/mol. The van der Waals surface area contributed by atoms with E-state index in [0.717, 1.165) is 17.7 Å². The van der Waals surface area contributed by atoms with Crippen LogP contribution in [0.4, 0.5) is 0 Å². The van der Waals surface area contributed by atoms with E-state index >= 15 is 0 Å². The topological polar surface area (TPSA) is 30.5 Å². The van der Waals surface area contributed by atoms with Gasteiger partial charge in [-0.25, -0.2) is 0 Å². The number of benzene rings is 1. The van der Waals surface area contributed by atoms with E-state index in [9.17, 15) is 0 Å². The molecule has 102 valence electrons. The summed E-state index contributed by atoms with van der Waals surface area (Å²) in [5, 5.41) is 3.95. The molecule has 1 atom stereocenters. The van der Waals surface area contributed by atoms with Crippen LogP contribution in [0.3, 0.4) is 0 Å². The molecule has 0 spiro atoms. The van der Waals surface area contributed by atoms with Gasteiger partial charge in [-0.05, 0) is 24.6 Å². The van der Waals surface area contributed by atoms with Crippen molar-refractivity contribution in [2.45, 2.75) is 32.4 Å². The number of ether oxygens (including phenoxy) is 2. The molecule has 4 heteroatoms. The molecule has 1 aromatic rings. The number of hydrogen-bond acceptors (Lipinski definition) is 3. The molecule has 0 aromatic heterocycles. The molecule has 1 heterocycles. The van der Waals surface area contributed by atoms with Crippen LogP contribution in [-0.2, 0) is 6.54 Å². The van der Waals surface area contributed by atoms with Crippen molar-refractivity contribution in [1.29, 1.82) is 0 Å². The van der Waals surface area contributed by atoms with Crippen LogP contribution in [0.5, 0.6) is 11.5 Å². The molecule has 0 saturated heterocycles. The summed E-state index contributed by atoms with van der Waals surface area (Å²) in [6.45, 7) is 4.07. The molecule has 2 rings (SSSR count). The molecule has 1 aromatic carbocycles. The second-order valence-electron chi connectivity index (χ2n) is 4.65. The summed E-state index contributed by atoms with van der Waals surface area (Å²) in [5.74, 6) is 4.02. The maximum absolute atomic E-state index is 6.23. The Kier molecular flexibility index (Phi) is 4.95. The van der Waals surface area contributed by atoms with Crippen LogP contribution in [0, 0.1) is 12.3 Å². The number of halogens is 1. The predicted octanol–water partition coefficient (Wildman–Crippen LogP) is 3.00. The minimum Gasteiger partial charge on any atom is -0.489 e. The van der Waals surface area contributed by atoms with Crippen molar-refractivity contribution in [3.63, 3.8) is 0 Å². The van der Waals surface area contributed by atoms with Crippen LogP contribution < -0.4 is 14.8 Å². The maximum atomic E-state index is 6.23. The number of fused-ring (bicyclic) bond motifs is 1. The lowest BCUT2D eigenvalue weighted by atomic mass is 10.1. The van der Waals surface area contributed by atoms with E-state index in [0.29, 0.717) is 37.0 Å². The van der Waals surface area contributed by atoms with E-state index < -0.39 is 0 Å². The van der Waals surface area contributed by atoms with Gasteiger partial charge >= 0.3 is 0 Å². The Bertz CT molecular complexity index is 482. The lowest BCUT2D eigenvalue weighted by Gasteiger charge is -2.14. The smallest absolute Gasteiger partial charge is 0.179 e. The Morgan fingerprint density at radius 3 is 3.00 bits per heavy atom. The third-order valence-corrected chi connectivity index (χ3v) is 3.22. The molecule has 0 bridgehead atoms. The zero-order valence-electron chi connectivity index (χ0n) is 11.0. The molecule has 1 unspecified atom stereocenters. The van der Waals surface area contributed by atoms with E-state index in [1.807, 2.05) is 12.1 Å². The Morgan fingerprint density at radius 1 is 1.42 bits per heavy atom. The summed E-state index contributed by atoms with van der Waals surface area (Å²) in [6.07, 6.45) is 6.86. The molecular weight excluding hydrogens is 262 g/mol. The molecule has 0 aliphatic carbocycles. The number of hydrogen-bond donors (Lipinski definition) is 1. The molecule has 3 nitrogen and oxygen atoms in total. The molecule has 0 saturated carbocycles. The first kappa shape index (κ1) is 14.0. The third-order valence-electron chi connectivity index (χ3n) is 2.94. The number of rotatable bonds is 4. The van der Waals surface area contributed by atoms with Gasteiger partial charge in [0.15, 0.2) is 11.5 Å². The molecule has 0 radical (unpaired) electrons. The molecule has 1 aliphatic heterocycles. The van der Waals surface area contributed by atoms with Crippen LogP contribution in [0.1, 0.15) is 25.3 Å². The summed E-state index contributed by atoms with van der Waals surface area (Å²) >= 11 is 6.23. The largest absolute Gasteiger partial charge is 0.489 e. The first-order valence-corrected chi connectivity index (χ1v) is 6.83. The Morgan fingerprint density at radius 2 is 2.21 bits per heavy atom. The van der Waals surface area contributed by atoms with Crippen LogP contribution >= 0.6 is 11.6 Å². The summed E-state index contributed by atoms with van der Waals surface area (Å²) in [6, 6.07) is 4.16. The summed E-state index contributed by atoms with van der Waals surface area (Å²) in [4.78, 5) is 0. The van der Waals surface area contributed by atoms with E-state index in [1.165, 1.54) is 0 Å². The first-order valence-electron chi connectivity index (χ1n) is 6.45. The van der Waals surface area contributed by atoms with Crippen molar-refractivity contribution in [2.24, 2.45) is 0 Å². The zero-order chi connectivity index (χ0) is 13.7. The quantitative estimate of drug-likeness (QED) is 0.860. The van der Waals surface area contributed by atoms with E-state index in [1.54, 1.807) is 0 Å². The van der Waals surface area contributed by atoms with Crippen molar-refractivity contribution in [1.82, 2.24) is 5.32 Å². The Hall–Kier alpha value is -1.37. The molecule has 1 N–H and O–H groups in total. The van der Waals surface area contributed by atoms with Crippen LogP contribution in [0.25, 0.3) is 0 Å². The molecule has 0 amide bonds. The van der Waals surface area contributed by atoms with Crippen molar-refractivity contribution in [2.75, 3.05) is 13.2 Å². The average molecular weight is 280 g/mol. The molecular formula is C15H18ClNO2. The number of nitrogens with one attached hydrogen (secondary N) is 1. The van der Waals surface area contributed by atoms with E-state index in [4.69, 9.17) is 27.5 Å². The predicted molar refractivity (Wildman–Crippen MR) is 76.8 cm³/mol. The van der Waals surface area contributed by atoms with Crippen LogP contribution in [0.15, 0.2) is 12.1 Å². The fraction of sp³-hybridized carbons (Fsp3) is 0.467. The van der Waals surface area contributed by atoms with Crippen LogP contribution in [0.2, 0.25) is 5.02 Å². The summed E-state index contributed by atoms with van der Waals surface area (Å²) in [7, 11) is 0. The van der Waals surface area contributed by atoms with Gasteiger partial charge in [-0.15, -0.1) is 12.3 Å². The average Bonchev–Trinajstić information content (AvgIpc) is 2.62. The lowest BCUT2D eigenvalue weighted by Crippen LogP contribution is -2.24. The van der Waals surface area contributed by atoms with Crippen molar-refractivity contribution in [3.05, 3.63) is 22.7 Å². The molecule has 19 heavy (non-hydrogen) atoms. The summed E-state index contributed by atoms with van der Waals surface area (Å²) in [5.41, 5.74) is 1.07. The zero-order valence-corrected chi connectivity index (χ0v) is 11.8. The van der Waals surface area contributed by atoms with Crippen molar-refractivity contribution < 1.29 is 9.47 Å². The van der Waals surface area contributed by atoms with Gasteiger partial charge < -0.3 is 14.8 Å². The second-order valence-corrected chi connectivity index (χ2v) is 5.05. The fourth-order valence-electron chi connectivity index (χ4n) is 1.93. The minimum absolute atomic E-state index is 0.278. The highest BCUT2D eigenvalue weighted by Gasteiger charge is 2.15. The maximum Gasteiger partial charge on any atom is 0.179 e. The van der Waals surface area contributed by atoms with Gasteiger partial charge in [-0.1, -0.05) is 11.6 Å². The number of terminal acetylenes is 1. The molecule has 1 aliphatic rings. The SMILES string of the molecule is C#CCC(C)NCc1cc(Cl)c2c(c1)OCCCO2. The highest BCUT2D eigenvalue weighted by atomic mass is 35.5. The van der Waals surface area contributed by atoms with Gasteiger partial charge in [0, 0.05) is 25.4 Å². The fourth-order valence-corrected chi connectivity index (χ4v) is 2.22. The van der Waals surface area contributed by atoms with Gasteiger partial charge in [0.05, 0.1) is 18.2 Å². The highest BCUT2D eigenvalue weighted by molar-refractivity contribution is 6.32. The van der Waals surface area contributed by atoms with Gasteiger partial charge in [0.25, 0.3) is 0 Å². The van der Waals surface area contributed by atoms with Gasteiger partial charge in [0.2, 0.25) is 0 Å². The van der Waals surface area contributed by atoms with Gasteiger partial charge in [-0.2, -0.15) is 0 Å².